The highest BCUT2D eigenvalue weighted by atomic mass is 31.3. The molecule has 0 spiro atoms. The van der Waals surface area contributed by atoms with Crippen LogP contribution in [0.4, 0.5) is 0 Å². The van der Waals surface area contributed by atoms with Crippen molar-refractivity contribution in [1.82, 2.24) is 0 Å². The van der Waals surface area contributed by atoms with Crippen molar-refractivity contribution in [1.29, 1.82) is 0 Å². The lowest BCUT2D eigenvalue weighted by Crippen LogP contribution is -2.06. The lowest BCUT2D eigenvalue weighted by Gasteiger charge is -2.23. The summed E-state index contributed by atoms with van der Waals surface area (Å²) in [4.78, 5) is 0. The molecule has 0 aliphatic heterocycles. The van der Waals surface area contributed by atoms with Crippen LogP contribution < -0.4 is 0 Å². The zero-order chi connectivity index (χ0) is 17.3. The van der Waals surface area contributed by atoms with Crippen LogP contribution in [-0.2, 0) is 44.7 Å². The Labute approximate surface area is 126 Å². The monoisotopic (exact) mass is 410 g/mol. The fourth-order valence-corrected chi connectivity index (χ4v) is 5.42. The van der Waals surface area contributed by atoms with Crippen LogP contribution in [0, 0.1) is 0 Å². The molecule has 0 amide bonds. The average molecular weight is 410 g/mol. The van der Waals surface area contributed by atoms with Crippen molar-refractivity contribution in [2.45, 2.75) is 0 Å². The Hall–Kier alpha value is 0.680. The van der Waals surface area contributed by atoms with Gasteiger partial charge in [0.15, 0.2) is 27.2 Å². The topological polar surface area (TPSA) is 197 Å². The largest absolute Gasteiger partial charge is 0.494 e. The zero-order valence-electron chi connectivity index (χ0n) is 10.6. The molecule has 0 radical (unpaired) electrons. The van der Waals surface area contributed by atoms with Crippen LogP contribution in [0.1, 0.15) is 0 Å². The molecule has 0 fully saturated rings. The number of phosphoric ester groups is 1. The average Bonchev–Trinajstić information content (AvgIpc) is 2.38. The highest BCUT2D eigenvalue weighted by Gasteiger charge is 2.47. The molecule has 0 rings (SSSR count). The summed E-state index contributed by atoms with van der Waals surface area (Å²) in [6, 6.07) is 0. The van der Waals surface area contributed by atoms with Crippen molar-refractivity contribution in [2.24, 2.45) is 0 Å². The van der Waals surface area contributed by atoms with Gasteiger partial charge < -0.3 is 20.4 Å². The second-order valence-corrected chi connectivity index (χ2v) is 8.51. The molecule has 0 saturated carbocycles. The van der Waals surface area contributed by atoms with E-state index in [1.165, 1.54) is 9.47 Å². The maximum atomic E-state index is 12.1. The van der Waals surface area contributed by atoms with Crippen LogP contribution in [0.5, 0.6) is 0 Å². The summed E-state index contributed by atoms with van der Waals surface area (Å²) in [6.45, 7) is -5.07. The van der Waals surface area contributed by atoms with E-state index in [0.29, 0.717) is 0 Å². The van der Waals surface area contributed by atoms with Crippen molar-refractivity contribution >= 4 is 32.9 Å². The summed E-state index contributed by atoms with van der Waals surface area (Å²) in [5.41, 5.74) is 0. The highest BCUT2D eigenvalue weighted by Crippen LogP contribution is 2.73. The van der Waals surface area contributed by atoms with Crippen molar-refractivity contribution in [3.05, 3.63) is 0 Å². The van der Waals surface area contributed by atoms with E-state index in [2.05, 4.69) is 31.0 Å². The van der Waals surface area contributed by atoms with Gasteiger partial charge in [0.05, 0.1) is 0 Å². The van der Waals surface area contributed by atoms with Crippen molar-refractivity contribution in [2.75, 3.05) is 27.2 Å². The molecular weight excluding hydrogens is 396 g/mol. The molecule has 0 aromatic carbocycles. The molecule has 0 saturated heterocycles. The maximum absolute atomic E-state index is 12.1. The minimum absolute atomic E-state index is 1.21. The summed E-state index contributed by atoms with van der Waals surface area (Å²) < 4.78 is 64.6. The van der Waals surface area contributed by atoms with Gasteiger partial charge in [0.2, 0.25) is 0 Å². The predicted molar refractivity (Wildman–Crippen MR) is 68.5 cm³/mol. The van der Waals surface area contributed by atoms with Gasteiger partial charge in [-0.3, -0.25) is 22.4 Å². The summed E-state index contributed by atoms with van der Waals surface area (Å²) >= 11 is 0. The molecule has 0 aromatic heterocycles. The Morgan fingerprint density at radius 2 is 0.955 bits per heavy atom. The number of rotatable bonds is 13. The van der Waals surface area contributed by atoms with E-state index >= 15 is 0 Å². The van der Waals surface area contributed by atoms with Gasteiger partial charge in [0.25, 0.3) is 0 Å². The Balaban J connectivity index is 5.35. The maximum Gasteiger partial charge on any atom is 0.494 e. The normalized spacial score (nSPS) is 17.9. The fraction of sp³-hybridized carbons (Fsp3) is 1.00. The van der Waals surface area contributed by atoms with E-state index in [1.54, 1.807) is 0 Å². The van der Waals surface area contributed by atoms with Crippen molar-refractivity contribution in [3.63, 3.8) is 0 Å². The summed E-state index contributed by atoms with van der Waals surface area (Å²) in [5, 5.41) is 34.2. The number of aliphatic hydroxyl groups excluding tert-OH is 4. The number of phosphoric acid groups is 3. The second-order valence-electron chi connectivity index (χ2n) is 2.64. The Morgan fingerprint density at radius 1 is 0.636 bits per heavy atom. The minimum atomic E-state index is -5.19. The Kier molecular flexibility index (Phi) is 10.9. The molecule has 0 aliphatic carbocycles. The molecule has 14 nitrogen and oxygen atoms in total. The molecule has 3 atom stereocenters. The van der Waals surface area contributed by atoms with Gasteiger partial charge >= 0.3 is 23.5 Å². The first-order valence-corrected chi connectivity index (χ1v) is 9.70. The van der Waals surface area contributed by atoms with Crippen LogP contribution in [0.2, 0.25) is 0 Å². The molecule has 0 aliphatic rings. The lowest BCUT2D eigenvalue weighted by atomic mass is 11.6. The Bertz CT molecular complexity index is 440. The van der Waals surface area contributed by atoms with Gasteiger partial charge in [-0.2, -0.15) is 8.62 Å². The molecule has 3 unspecified atom stereocenters. The number of hydrogen-bond donors (Lipinski definition) is 4. The molecular formula is C4H14O14P4. The lowest BCUT2D eigenvalue weighted by molar-refractivity contribution is 0.00818. The van der Waals surface area contributed by atoms with Gasteiger partial charge in [-0.1, -0.05) is 0 Å². The van der Waals surface area contributed by atoms with Crippen LogP contribution in [0.25, 0.3) is 0 Å². The summed E-state index contributed by atoms with van der Waals surface area (Å²) in [6.07, 6.45) is 0. The van der Waals surface area contributed by atoms with E-state index in [4.69, 9.17) is 20.4 Å². The van der Waals surface area contributed by atoms with Crippen molar-refractivity contribution in [3.8, 4) is 0 Å². The molecule has 0 aromatic rings. The van der Waals surface area contributed by atoms with Gasteiger partial charge in [-0.15, -0.1) is 0 Å². The number of aliphatic hydroxyl groups is 4. The first-order valence-electron chi connectivity index (χ1n) is 4.85. The first-order chi connectivity index (χ1) is 10.2. The third kappa shape index (κ3) is 7.98. The van der Waals surface area contributed by atoms with Gasteiger partial charge in [-0.05, 0) is 0 Å². The standard InChI is InChI=1S/C4H14O14P4/c5-1-12-20(9,13-2-6)17-22(11,15-4-8)18-21(10,16-19)14-3-7/h5-8H,1-4,19H2. The molecule has 134 valence electrons. The van der Waals surface area contributed by atoms with Crippen LogP contribution in [0.3, 0.4) is 0 Å². The SMILES string of the molecule is O=P(OP)(OCO)OP(=O)(OCO)OP(=O)(OCO)OCO. The third-order valence-electron chi connectivity index (χ3n) is 1.39. The quantitative estimate of drug-likeness (QED) is 0.234. The van der Waals surface area contributed by atoms with Crippen LogP contribution in [-0.4, -0.2) is 47.6 Å². The molecule has 18 heteroatoms. The zero-order valence-corrected chi connectivity index (χ0v) is 14.5. The molecule has 22 heavy (non-hydrogen) atoms. The van der Waals surface area contributed by atoms with Crippen LogP contribution >= 0.6 is 32.9 Å². The number of hydrogen-bond acceptors (Lipinski definition) is 14. The smallest absolute Gasteiger partial charge is 0.370 e. The summed E-state index contributed by atoms with van der Waals surface area (Å²) in [5.74, 6) is 0. The summed E-state index contributed by atoms with van der Waals surface area (Å²) in [7, 11) is -13.4. The van der Waals surface area contributed by atoms with E-state index in [1.807, 2.05) is 0 Å². The molecule has 0 bridgehead atoms. The first kappa shape index (κ1) is 22.7. The van der Waals surface area contributed by atoms with Gasteiger partial charge in [0.1, 0.15) is 0 Å². The van der Waals surface area contributed by atoms with E-state index < -0.39 is 50.6 Å². The van der Waals surface area contributed by atoms with E-state index in [-0.39, 0.29) is 0 Å². The third-order valence-corrected chi connectivity index (χ3v) is 7.35. The van der Waals surface area contributed by atoms with E-state index in [9.17, 15) is 13.7 Å². The highest BCUT2D eigenvalue weighted by molar-refractivity contribution is 7.68. The second kappa shape index (κ2) is 10.5. The van der Waals surface area contributed by atoms with E-state index in [0.717, 1.165) is 0 Å². The van der Waals surface area contributed by atoms with Crippen LogP contribution in [0.15, 0.2) is 0 Å². The van der Waals surface area contributed by atoms with Gasteiger partial charge in [0, 0.05) is 9.47 Å². The van der Waals surface area contributed by atoms with Crippen molar-refractivity contribution < 1.29 is 65.1 Å². The fourth-order valence-electron chi connectivity index (χ4n) is 0.747. The predicted octanol–water partition coefficient (Wildman–Crippen LogP) is 0.0162. The molecule has 0 heterocycles. The van der Waals surface area contributed by atoms with Gasteiger partial charge in [-0.25, -0.2) is 13.7 Å². The molecule has 4 N–H and O–H groups in total. The minimum Gasteiger partial charge on any atom is -0.370 e. The Morgan fingerprint density at radius 3 is 1.32 bits per heavy atom.